The number of likely N-dealkylation sites (N-methyl/N-ethyl adjacent to an activating group) is 1. The van der Waals surface area contributed by atoms with Crippen molar-refractivity contribution in [2.45, 2.75) is 6.92 Å². The maximum absolute atomic E-state index is 13.5. The number of nitro benzene ring substituents is 1. The molecule has 1 aliphatic rings. The van der Waals surface area contributed by atoms with Crippen molar-refractivity contribution in [3.8, 4) is 0 Å². The molecule has 1 heterocycles. The lowest BCUT2D eigenvalue weighted by Crippen LogP contribution is -2.48. The van der Waals surface area contributed by atoms with Gasteiger partial charge in [0.1, 0.15) is 10.3 Å². The molecule has 1 amide bonds. The highest BCUT2D eigenvalue weighted by molar-refractivity contribution is 9.10. The van der Waals surface area contributed by atoms with Gasteiger partial charge in [-0.2, -0.15) is 0 Å². The highest BCUT2D eigenvalue weighted by Crippen LogP contribution is 2.30. The van der Waals surface area contributed by atoms with E-state index < -0.39 is 16.4 Å². The lowest BCUT2D eigenvalue weighted by molar-refractivity contribution is -0.385. The second-order valence-electron chi connectivity index (χ2n) is 4.77. The number of rotatable bonds is 3. The second kappa shape index (κ2) is 6.48. The van der Waals surface area contributed by atoms with E-state index in [-0.39, 0.29) is 15.9 Å². The topological polar surface area (TPSA) is 66.7 Å². The summed E-state index contributed by atoms with van der Waals surface area (Å²) in [5, 5.41) is 10.9. The molecule has 0 N–H and O–H groups in total. The van der Waals surface area contributed by atoms with Crippen LogP contribution in [0.4, 0.5) is 10.1 Å². The molecule has 0 radical (unpaired) electrons. The minimum atomic E-state index is -0.791. The van der Waals surface area contributed by atoms with Crippen molar-refractivity contribution in [2.24, 2.45) is 0 Å². The molecule has 6 nitrogen and oxygen atoms in total. The van der Waals surface area contributed by atoms with E-state index in [9.17, 15) is 19.3 Å². The molecule has 8 heteroatoms. The average Bonchev–Trinajstić information content (AvgIpc) is 2.48. The van der Waals surface area contributed by atoms with Gasteiger partial charge in [0.15, 0.2) is 0 Å². The molecule has 21 heavy (non-hydrogen) atoms. The van der Waals surface area contributed by atoms with Gasteiger partial charge in [-0.15, -0.1) is 0 Å². The standard InChI is InChI=1S/C13H15BrFN3O3/c1-2-16-3-5-17(6-4-16)13(19)10-7-9(15)8-11(12(10)14)18(20)21/h7-8H,2-6H2,1H3. The van der Waals surface area contributed by atoms with E-state index in [4.69, 9.17) is 0 Å². The fourth-order valence-corrected chi connectivity index (χ4v) is 2.84. The lowest BCUT2D eigenvalue weighted by atomic mass is 10.1. The zero-order valence-corrected chi connectivity index (χ0v) is 13.1. The number of carbonyl (C=O) groups is 1. The van der Waals surface area contributed by atoms with Gasteiger partial charge in [-0.25, -0.2) is 4.39 Å². The van der Waals surface area contributed by atoms with E-state index in [2.05, 4.69) is 20.8 Å². The van der Waals surface area contributed by atoms with E-state index >= 15 is 0 Å². The molecule has 1 fully saturated rings. The Kier molecular flexibility index (Phi) is 4.89. The van der Waals surface area contributed by atoms with Gasteiger partial charge >= 0.3 is 0 Å². The smallest absolute Gasteiger partial charge is 0.287 e. The Hall–Kier alpha value is -1.54. The molecular weight excluding hydrogens is 345 g/mol. The zero-order valence-electron chi connectivity index (χ0n) is 11.5. The minimum absolute atomic E-state index is 0.00773. The first kappa shape index (κ1) is 15.8. The van der Waals surface area contributed by atoms with Crippen LogP contribution in [0, 0.1) is 15.9 Å². The molecule has 114 valence electrons. The monoisotopic (exact) mass is 359 g/mol. The molecule has 1 aliphatic heterocycles. The third kappa shape index (κ3) is 3.38. The first-order valence-corrected chi connectivity index (χ1v) is 7.38. The van der Waals surface area contributed by atoms with Crippen LogP contribution in [0.15, 0.2) is 16.6 Å². The summed E-state index contributed by atoms with van der Waals surface area (Å²) in [5.74, 6) is -1.18. The normalized spacial score (nSPS) is 16.0. The quantitative estimate of drug-likeness (QED) is 0.613. The number of piperazine rings is 1. The van der Waals surface area contributed by atoms with Gasteiger partial charge in [-0.1, -0.05) is 6.92 Å². The Balaban J connectivity index is 2.26. The maximum Gasteiger partial charge on any atom is 0.287 e. The predicted octanol–water partition coefficient (Wildman–Crippen LogP) is 2.27. The molecule has 1 aromatic rings. The maximum atomic E-state index is 13.5. The third-order valence-electron chi connectivity index (χ3n) is 3.55. The fraction of sp³-hybridized carbons (Fsp3) is 0.462. The van der Waals surface area contributed by atoms with Gasteiger partial charge in [0.25, 0.3) is 11.6 Å². The van der Waals surface area contributed by atoms with Crippen LogP contribution in [0.2, 0.25) is 0 Å². The summed E-state index contributed by atoms with van der Waals surface area (Å²) in [6.07, 6.45) is 0. The van der Waals surface area contributed by atoms with E-state index in [0.29, 0.717) is 13.1 Å². The van der Waals surface area contributed by atoms with Crippen molar-refractivity contribution in [3.63, 3.8) is 0 Å². The van der Waals surface area contributed by atoms with Gasteiger partial charge in [0.2, 0.25) is 0 Å². The van der Waals surface area contributed by atoms with Crippen LogP contribution in [0.5, 0.6) is 0 Å². The molecule has 1 saturated heterocycles. The Morgan fingerprint density at radius 3 is 2.52 bits per heavy atom. The zero-order chi connectivity index (χ0) is 15.6. The second-order valence-corrected chi connectivity index (χ2v) is 5.56. The molecular formula is C13H15BrFN3O3. The summed E-state index contributed by atoms with van der Waals surface area (Å²) in [5.41, 5.74) is -0.447. The van der Waals surface area contributed by atoms with E-state index in [1.807, 2.05) is 6.92 Å². The van der Waals surface area contributed by atoms with Gasteiger partial charge in [0.05, 0.1) is 16.6 Å². The average molecular weight is 360 g/mol. The minimum Gasteiger partial charge on any atom is -0.336 e. The van der Waals surface area contributed by atoms with Crippen LogP contribution in [0.1, 0.15) is 17.3 Å². The van der Waals surface area contributed by atoms with Crippen LogP contribution < -0.4 is 0 Å². The van der Waals surface area contributed by atoms with E-state index in [1.165, 1.54) is 0 Å². The fourth-order valence-electron chi connectivity index (χ4n) is 2.30. The number of hydrogen-bond acceptors (Lipinski definition) is 4. The van der Waals surface area contributed by atoms with E-state index in [1.54, 1.807) is 4.90 Å². The number of nitro groups is 1. The van der Waals surface area contributed by atoms with E-state index in [0.717, 1.165) is 31.8 Å². The SMILES string of the molecule is CCN1CCN(C(=O)c2cc(F)cc([N+](=O)[O-])c2Br)CC1. The van der Waals surface area contributed by atoms with Crippen molar-refractivity contribution in [1.29, 1.82) is 0 Å². The number of benzene rings is 1. The summed E-state index contributed by atoms with van der Waals surface area (Å²) in [6.45, 7) is 5.52. The highest BCUT2D eigenvalue weighted by Gasteiger charge is 2.27. The van der Waals surface area contributed by atoms with Crippen molar-refractivity contribution in [2.75, 3.05) is 32.7 Å². The summed E-state index contributed by atoms with van der Waals surface area (Å²) in [7, 11) is 0. The van der Waals surface area contributed by atoms with Gasteiger partial charge in [-0.3, -0.25) is 14.9 Å². The first-order valence-electron chi connectivity index (χ1n) is 6.59. The molecule has 0 bridgehead atoms. The molecule has 0 aliphatic carbocycles. The van der Waals surface area contributed by atoms with Crippen LogP contribution in [0.25, 0.3) is 0 Å². The molecule has 0 saturated carbocycles. The summed E-state index contributed by atoms with van der Waals surface area (Å²) >= 11 is 3.04. The molecule has 0 spiro atoms. The number of carbonyl (C=O) groups excluding carboxylic acids is 1. The van der Waals surface area contributed by atoms with Crippen molar-refractivity contribution >= 4 is 27.5 Å². The highest BCUT2D eigenvalue weighted by atomic mass is 79.9. The van der Waals surface area contributed by atoms with Crippen molar-refractivity contribution in [3.05, 3.63) is 38.1 Å². The lowest BCUT2D eigenvalue weighted by Gasteiger charge is -2.34. The number of hydrogen-bond donors (Lipinski definition) is 0. The number of amides is 1. The largest absolute Gasteiger partial charge is 0.336 e. The Bertz CT molecular complexity index is 574. The van der Waals surface area contributed by atoms with Crippen LogP contribution in [0.3, 0.4) is 0 Å². The summed E-state index contributed by atoms with van der Waals surface area (Å²) in [6, 6.07) is 1.83. The van der Waals surface area contributed by atoms with Crippen LogP contribution in [-0.2, 0) is 0 Å². The van der Waals surface area contributed by atoms with Gasteiger partial charge in [0, 0.05) is 26.2 Å². The molecule has 2 rings (SSSR count). The number of nitrogens with zero attached hydrogens (tertiary/aromatic N) is 3. The third-order valence-corrected chi connectivity index (χ3v) is 4.39. The predicted molar refractivity (Wildman–Crippen MR) is 78.8 cm³/mol. The number of halogens is 2. The molecule has 0 atom stereocenters. The molecule has 0 unspecified atom stereocenters. The first-order chi connectivity index (χ1) is 9.93. The van der Waals surface area contributed by atoms with Crippen molar-refractivity contribution in [1.82, 2.24) is 9.80 Å². The summed E-state index contributed by atoms with van der Waals surface area (Å²) < 4.78 is 13.5. The summed E-state index contributed by atoms with van der Waals surface area (Å²) in [4.78, 5) is 26.4. The van der Waals surface area contributed by atoms with Gasteiger partial charge < -0.3 is 9.80 Å². The Labute approximate surface area is 129 Å². The Morgan fingerprint density at radius 2 is 2.00 bits per heavy atom. The van der Waals surface area contributed by atoms with Crippen molar-refractivity contribution < 1.29 is 14.1 Å². The van der Waals surface area contributed by atoms with Crippen LogP contribution >= 0.6 is 15.9 Å². The Morgan fingerprint density at radius 1 is 1.38 bits per heavy atom. The molecule has 0 aromatic heterocycles. The van der Waals surface area contributed by atoms with Crippen LogP contribution in [-0.4, -0.2) is 53.4 Å². The van der Waals surface area contributed by atoms with Gasteiger partial charge in [-0.05, 0) is 28.5 Å². The molecule has 1 aromatic carbocycles.